The number of aromatic nitrogens is 3. The Hall–Kier alpha value is -2.77. The van der Waals surface area contributed by atoms with Gasteiger partial charge in [0.2, 0.25) is 17.7 Å². The maximum atomic E-state index is 12.8. The summed E-state index contributed by atoms with van der Waals surface area (Å²) in [6, 6.07) is 5.82. The second kappa shape index (κ2) is 7.24. The number of rotatable bonds is 3. The molecule has 3 fully saturated rings. The van der Waals surface area contributed by atoms with Gasteiger partial charge in [-0.1, -0.05) is 18.9 Å². The Morgan fingerprint density at radius 1 is 0.966 bits per heavy atom. The van der Waals surface area contributed by atoms with E-state index in [1.807, 2.05) is 28.8 Å². The molecule has 2 saturated heterocycles. The monoisotopic (exact) mass is 395 g/mol. The molecule has 29 heavy (non-hydrogen) atoms. The van der Waals surface area contributed by atoms with Crippen LogP contribution >= 0.6 is 0 Å². The first-order valence-corrected chi connectivity index (χ1v) is 10.6. The van der Waals surface area contributed by atoms with Crippen molar-refractivity contribution in [2.45, 2.75) is 44.4 Å². The summed E-state index contributed by atoms with van der Waals surface area (Å²) in [6.07, 6.45) is 7.10. The van der Waals surface area contributed by atoms with Gasteiger partial charge in [0.05, 0.1) is 11.8 Å². The van der Waals surface area contributed by atoms with Crippen LogP contribution in [0.5, 0.6) is 0 Å². The quantitative estimate of drug-likeness (QED) is 0.737. The van der Waals surface area contributed by atoms with Crippen LogP contribution in [0.15, 0.2) is 24.4 Å². The minimum Gasteiger partial charge on any atom is -0.341 e. The van der Waals surface area contributed by atoms with Crippen molar-refractivity contribution >= 4 is 23.4 Å². The van der Waals surface area contributed by atoms with E-state index in [0.29, 0.717) is 13.1 Å². The van der Waals surface area contributed by atoms with E-state index in [4.69, 9.17) is 0 Å². The molecule has 4 heterocycles. The molecule has 1 aliphatic carbocycles. The van der Waals surface area contributed by atoms with Gasteiger partial charge in [-0.25, -0.2) is 0 Å². The van der Waals surface area contributed by atoms with Gasteiger partial charge in [0, 0.05) is 25.2 Å². The molecule has 0 bridgehead atoms. The molecule has 0 aromatic carbocycles. The highest BCUT2D eigenvalue weighted by molar-refractivity contribution is 6.07. The third kappa shape index (κ3) is 3.10. The van der Waals surface area contributed by atoms with E-state index >= 15 is 0 Å². The van der Waals surface area contributed by atoms with Crippen molar-refractivity contribution in [1.82, 2.24) is 24.4 Å². The Morgan fingerprint density at radius 2 is 1.66 bits per heavy atom. The normalized spacial score (nSPS) is 25.7. The zero-order valence-corrected chi connectivity index (χ0v) is 16.4. The molecule has 0 radical (unpaired) electrons. The number of hydrogen-bond donors (Lipinski definition) is 0. The van der Waals surface area contributed by atoms with Gasteiger partial charge in [-0.2, -0.15) is 0 Å². The molecule has 2 aliphatic heterocycles. The number of carbonyl (C=O) groups excluding carboxylic acids is 3. The molecule has 8 nitrogen and oxygen atoms in total. The van der Waals surface area contributed by atoms with Gasteiger partial charge < -0.3 is 4.90 Å². The summed E-state index contributed by atoms with van der Waals surface area (Å²) in [5, 5.41) is 8.56. The summed E-state index contributed by atoms with van der Waals surface area (Å²) in [6.45, 7) is 1.10. The summed E-state index contributed by atoms with van der Waals surface area (Å²) in [7, 11) is 0. The molecule has 152 valence electrons. The van der Waals surface area contributed by atoms with Crippen molar-refractivity contribution in [2.75, 3.05) is 19.6 Å². The molecule has 2 atom stereocenters. The summed E-state index contributed by atoms with van der Waals surface area (Å²) in [5.74, 6) is 0.369. The van der Waals surface area contributed by atoms with Crippen LogP contribution in [-0.4, -0.2) is 61.8 Å². The molecule has 1 saturated carbocycles. The molecule has 0 spiro atoms. The van der Waals surface area contributed by atoms with E-state index in [2.05, 4.69) is 10.2 Å². The van der Waals surface area contributed by atoms with Gasteiger partial charge in [0.25, 0.3) is 0 Å². The van der Waals surface area contributed by atoms with Gasteiger partial charge in [-0.05, 0) is 37.8 Å². The van der Waals surface area contributed by atoms with Gasteiger partial charge >= 0.3 is 0 Å². The fourth-order valence-corrected chi connectivity index (χ4v) is 5.15. The highest BCUT2D eigenvalue weighted by Gasteiger charge is 2.48. The molecule has 5 rings (SSSR count). The van der Waals surface area contributed by atoms with Crippen LogP contribution < -0.4 is 0 Å². The fraction of sp³-hybridized carbons (Fsp3) is 0.571. The molecule has 0 N–H and O–H groups in total. The standard InChI is InChI=1S/C21H25N5O3/c27-18(13-26-20(28)15-5-1-2-6-16(15)21(26)29)24-11-8-14(9-12-24)19-23-22-17-7-3-4-10-25(17)19/h3-4,7,10,14-16H,1-2,5-6,8-9,11-13H2/t15-,16-/m0/s1. The van der Waals surface area contributed by atoms with Crippen LogP contribution in [0.4, 0.5) is 0 Å². The van der Waals surface area contributed by atoms with E-state index < -0.39 is 0 Å². The van der Waals surface area contributed by atoms with E-state index in [0.717, 1.165) is 50.0 Å². The zero-order chi connectivity index (χ0) is 20.0. The first kappa shape index (κ1) is 18.3. The van der Waals surface area contributed by atoms with E-state index in [-0.39, 0.29) is 42.0 Å². The summed E-state index contributed by atoms with van der Waals surface area (Å²) < 4.78 is 2.01. The van der Waals surface area contributed by atoms with Crippen molar-refractivity contribution in [3.8, 4) is 0 Å². The third-order valence-corrected chi connectivity index (χ3v) is 6.78. The first-order valence-electron chi connectivity index (χ1n) is 10.6. The number of likely N-dealkylation sites (tertiary alicyclic amines) is 2. The number of carbonyl (C=O) groups is 3. The summed E-state index contributed by atoms with van der Waals surface area (Å²) >= 11 is 0. The minimum atomic E-state index is -0.198. The number of fused-ring (bicyclic) bond motifs is 2. The lowest BCUT2D eigenvalue weighted by molar-refractivity contribution is -0.147. The van der Waals surface area contributed by atoms with E-state index in [9.17, 15) is 14.4 Å². The topological polar surface area (TPSA) is 87.9 Å². The predicted octanol–water partition coefficient (Wildman–Crippen LogP) is 1.61. The number of imide groups is 1. The molecular weight excluding hydrogens is 370 g/mol. The average Bonchev–Trinajstić information content (AvgIpc) is 3.29. The molecule has 2 aromatic heterocycles. The van der Waals surface area contributed by atoms with Crippen molar-refractivity contribution in [2.24, 2.45) is 11.8 Å². The van der Waals surface area contributed by atoms with Crippen molar-refractivity contribution in [3.05, 3.63) is 30.2 Å². The van der Waals surface area contributed by atoms with Crippen LogP contribution in [0.25, 0.3) is 5.65 Å². The molecule has 3 aliphatic rings. The average molecular weight is 395 g/mol. The van der Waals surface area contributed by atoms with Crippen molar-refractivity contribution in [3.63, 3.8) is 0 Å². The molecule has 0 unspecified atom stereocenters. The van der Waals surface area contributed by atoms with Crippen LogP contribution in [0, 0.1) is 11.8 Å². The van der Waals surface area contributed by atoms with E-state index in [1.54, 1.807) is 4.90 Å². The zero-order valence-electron chi connectivity index (χ0n) is 16.4. The molecule has 2 aromatic rings. The van der Waals surface area contributed by atoms with Crippen LogP contribution in [0.3, 0.4) is 0 Å². The highest BCUT2D eigenvalue weighted by atomic mass is 16.2. The number of nitrogens with zero attached hydrogens (tertiary/aromatic N) is 5. The lowest BCUT2D eigenvalue weighted by Crippen LogP contribution is -2.45. The lowest BCUT2D eigenvalue weighted by Gasteiger charge is -2.32. The molecular formula is C21H25N5O3. The molecule has 8 heteroatoms. The van der Waals surface area contributed by atoms with Gasteiger partial charge in [-0.15, -0.1) is 10.2 Å². The maximum absolute atomic E-state index is 12.8. The number of amides is 3. The van der Waals surface area contributed by atoms with Crippen molar-refractivity contribution < 1.29 is 14.4 Å². The van der Waals surface area contributed by atoms with Gasteiger partial charge in [0.15, 0.2) is 5.65 Å². The summed E-state index contributed by atoms with van der Waals surface area (Å²) in [4.78, 5) is 41.0. The minimum absolute atomic E-state index is 0.108. The number of hydrogen-bond acceptors (Lipinski definition) is 5. The second-order valence-corrected chi connectivity index (χ2v) is 8.40. The largest absolute Gasteiger partial charge is 0.341 e. The maximum Gasteiger partial charge on any atom is 0.242 e. The number of pyridine rings is 1. The molecule has 3 amide bonds. The van der Waals surface area contributed by atoms with Crippen LogP contribution in [0.2, 0.25) is 0 Å². The van der Waals surface area contributed by atoms with Crippen molar-refractivity contribution in [1.29, 1.82) is 0 Å². The Morgan fingerprint density at radius 3 is 2.34 bits per heavy atom. The van der Waals surface area contributed by atoms with Gasteiger partial charge in [-0.3, -0.25) is 23.7 Å². The SMILES string of the molecule is O=C(CN1C(=O)[C@H]2CCCC[C@@H]2C1=O)N1CCC(c2nnc3ccccn23)CC1. The van der Waals surface area contributed by atoms with Crippen LogP contribution in [0.1, 0.15) is 50.3 Å². The van der Waals surface area contributed by atoms with Gasteiger partial charge in [0.1, 0.15) is 12.4 Å². The Labute approximate surface area is 168 Å². The van der Waals surface area contributed by atoms with Crippen LogP contribution in [-0.2, 0) is 14.4 Å². The first-order chi connectivity index (χ1) is 14.1. The summed E-state index contributed by atoms with van der Waals surface area (Å²) in [5.41, 5.74) is 0.827. The second-order valence-electron chi connectivity index (χ2n) is 8.40. The fourth-order valence-electron chi connectivity index (χ4n) is 5.15. The Kier molecular flexibility index (Phi) is 4.56. The highest BCUT2D eigenvalue weighted by Crippen LogP contribution is 2.38. The van der Waals surface area contributed by atoms with E-state index in [1.165, 1.54) is 4.90 Å². The predicted molar refractivity (Wildman–Crippen MR) is 104 cm³/mol. The Balaban J connectivity index is 1.21. The third-order valence-electron chi connectivity index (χ3n) is 6.78. The number of piperidine rings is 1. The Bertz CT molecular complexity index is 938. The lowest BCUT2D eigenvalue weighted by atomic mass is 9.81. The smallest absolute Gasteiger partial charge is 0.242 e.